The van der Waals surface area contributed by atoms with Crippen molar-refractivity contribution in [3.63, 3.8) is 0 Å². The summed E-state index contributed by atoms with van der Waals surface area (Å²) >= 11 is 0. The number of carbonyl (C=O) groups is 1. The zero-order chi connectivity index (χ0) is 23.1. The van der Waals surface area contributed by atoms with Crippen LogP contribution in [-0.4, -0.2) is 36.3 Å². The van der Waals surface area contributed by atoms with Crippen molar-refractivity contribution in [2.24, 2.45) is 5.41 Å². The first kappa shape index (κ1) is 23.4. The number of ether oxygens (including phenoxy) is 1. The molecule has 0 unspecified atom stereocenters. The van der Waals surface area contributed by atoms with Crippen molar-refractivity contribution in [2.45, 2.75) is 71.4 Å². The van der Waals surface area contributed by atoms with Crippen molar-refractivity contribution >= 4 is 15.6 Å². The molecule has 3 rings (SSSR count). The average Bonchev–Trinajstić information content (AvgIpc) is 3.04. The summed E-state index contributed by atoms with van der Waals surface area (Å²) in [5.74, 6) is -1.03. The van der Waals surface area contributed by atoms with Crippen LogP contribution in [0.15, 0.2) is 23.2 Å². The molecule has 2 heterocycles. The number of sulfone groups is 1. The topological polar surface area (TPSA) is 78.3 Å². The first-order chi connectivity index (χ1) is 14.3. The third-order valence-electron chi connectivity index (χ3n) is 5.48. The number of nitrogens with zero attached hydrogens (tertiary/aromatic N) is 2. The molecule has 0 atom stereocenters. The van der Waals surface area contributed by atoms with Crippen LogP contribution in [0.4, 0.5) is 4.39 Å². The summed E-state index contributed by atoms with van der Waals surface area (Å²) in [5, 5.41) is 4.03. The number of rotatable bonds is 7. The first-order valence-corrected chi connectivity index (χ1v) is 12.2. The zero-order valence-electron chi connectivity index (χ0n) is 19.0. The van der Waals surface area contributed by atoms with Crippen molar-refractivity contribution in [3.8, 4) is 5.88 Å². The summed E-state index contributed by atoms with van der Waals surface area (Å²) in [5.41, 5.74) is 2.05. The van der Waals surface area contributed by atoms with E-state index in [4.69, 9.17) is 4.74 Å². The Balaban J connectivity index is 1.85. The molecule has 2 aromatic rings. The van der Waals surface area contributed by atoms with Crippen LogP contribution < -0.4 is 4.74 Å². The van der Waals surface area contributed by atoms with Crippen molar-refractivity contribution in [3.05, 3.63) is 40.7 Å². The Morgan fingerprint density at radius 1 is 1.16 bits per heavy atom. The number of benzene rings is 1. The highest BCUT2D eigenvalue weighted by atomic mass is 32.2. The molecule has 8 heteroatoms. The first-order valence-electron chi connectivity index (χ1n) is 10.6. The summed E-state index contributed by atoms with van der Waals surface area (Å²) in [6, 6.07) is 4.27. The van der Waals surface area contributed by atoms with Gasteiger partial charge in [-0.3, -0.25) is 4.79 Å². The van der Waals surface area contributed by atoms with Crippen molar-refractivity contribution < 1.29 is 22.3 Å². The molecule has 1 aromatic heterocycles. The molecule has 170 valence electrons. The second kappa shape index (κ2) is 8.37. The van der Waals surface area contributed by atoms with Crippen LogP contribution in [0.3, 0.4) is 0 Å². The van der Waals surface area contributed by atoms with E-state index in [2.05, 4.69) is 5.10 Å². The summed E-state index contributed by atoms with van der Waals surface area (Å²) in [6.07, 6.45) is -0.0579. The van der Waals surface area contributed by atoms with Crippen molar-refractivity contribution in [1.29, 1.82) is 0 Å². The van der Waals surface area contributed by atoms with Crippen LogP contribution in [0.25, 0.3) is 0 Å². The number of hydrogen-bond acceptors (Lipinski definition) is 5. The fourth-order valence-electron chi connectivity index (χ4n) is 3.93. The molecule has 1 aliphatic rings. The van der Waals surface area contributed by atoms with Gasteiger partial charge in [0.1, 0.15) is 11.6 Å². The summed E-state index contributed by atoms with van der Waals surface area (Å²) in [4.78, 5) is 12.8. The van der Waals surface area contributed by atoms with Crippen LogP contribution >= 0.6 is 0 Å². The molecule has 0 saturated heterocycles. The van der Waals surface area contributed by atoms with Gasteiger partial charge in [0.25, 0.3) is 0 Å². The van der Waals surface area contributed by atoms with Gasteiger partial charge in [-0.25, -0.2) is 17.5 Å². The molecule has 0 N–H and O–H groups in total. The third kappa shape index (κ3) is 5.17. The molecular weight excluding hydrogens is 419 g/mol. The van der Waals surface area contributed by atoms with E-state index in [9.17, 15) is 17.6 Å². The van der Waals surface area contributed by atoms with Gasteiger partial charge in [-0.1, -0.05) is 41.5 Å². The standard InChI is InChI=1S/C23H31FN2O4S/c1-14(2)18-7-16(24)8-19(15(3)4)20(18)9-17(27)11-31(28,29)21-10-22-26(25-21)12-23(5,6)13-30-22/h7-8,10,14-15H,9,11-13H2,1-6H3. The molecule has 6 nitrogen and oxygen atoms in total. The molecule has 0 spiro atoms. The minimum atomic E-state index is -3.92. The summed E-state index contributed by atoms with van der Waals surface area (Å²) in [7, 11) is -3.92. The minimum Gasteiger partial charge on any atom is -0.477 e. The van der Waals surface area contributed by atoms with E-state index in [1.54, 1.807) is 0 Å². The summed E-state index contributed by atoms with van der Waals surface area (Å²) < 4.78 is 47.1. The number of ketones is 1. The van der Waals surface area contributed by atoms with Gasteiger partial charge < -0.3 is 4.74 Å². The highest BCUT2D eigenvalue weighted by molar-refractivity contribution is 7.92. The predicted molar refractivity (Wildman–Crippen MR) is 117 cm³/mol. The second-order valence-corrected chi connectivity index (χ2v) is 11.7. The molecule has 1 aliphatic heterocycles. The van der Waals surface area contributed by atoms with E-state index >= 15 is 0 Å². The van der Waals surface area contributed by atoms with Gasteiger partial charge in [0.05, 0.1) is 13.2 Å². The van der Waals surface area contributed by atoms with E-state index in [-0.39, 0.29) is 34.5 Å². The van der Waals surface area contributed by atoms with Crippen molar-refractivity contribution in [1.82, 2.24) is 9.78 Å². The van der Waals surface area contributed by atoms with E-state index in [0.29, 0.717) is 19.0 Å². The van der Waals surface area contributed by atoms with Gasteiger partial charge >= 0.3 is 0 Å². The normalized spacial score (nSPS) is 15.8. The van der Waals surface area contributed by atoms with Crippen LogP contribution in [0, 0.1) is 11.2 Å². The maximum Gasteiger partial charge on any atom is 0.213 e. The van der Waals surface area contributed by atoms with Crippen LogP contribution in [0.1, 0.15) is 70.1 Å². The highest BCUT2D eigenvalue weighted by Crippen LogP contribution is 2.32. The molecule has 0 fully saturated rings. The van der Waals surface area contributed by atoms with Crippen molar-refractivity contribution in [2.75, 3.05) is 12.4 Å². The van der Waals surface area contributed by atoms with E-state index < -0.39 is 21.4 Å². The van der Waals surface area contributed by atoms with Gasteiger partial charge in [-0.2, -0.15) is 5.10 Å². The fourth-order valence-corrected chi connectivity index (χ4v) is 5.10. The Morgan fingerprint density at radius 2 is 1.74 bits per heavy atom. The van der Waals surface area contributed by atoms with E-state index in [1.807, 2.05) is 41.5 Å². The predicted octanol–water partition coefficient (Wildman–Crippen LogP) is 4.27. The lowest BCUT2D eigenvalue weighted by Crippen LogP contribution is -2.32. The largest absolute Gasteiger partial charge is 0.477 e. The second-order valence-electron chi connectivity index (χ2n) is 9.78. The molecule has 0 bridgehead atoms. The van der Waals surface area contributed by atoms with Crippen LogP contribution in [-0.2, 0) is 27.6 Å². The number of Topliss-reactive ketones (excluding diaryl/α,β-unsaturated/α-hetero) is 1. The van der Waals surface area contributed by atoms with E-state index in [0.717, 1.165) is 16.7 Å². The Labute approximate surface area is 183 Å². The minimum absolute atomic E-state index is 0.00738. The molecule has 1 aromatic carbocycles. The van der Waals surface area contributed by atoms with E-state index in [1.165, 1.54) is 22.9 Å². The highest BCUT2D eigenvalue weighted by Gasteiger charge is 2.31. The Kier molecular flexibility index (Phi) is 6.33. The molecule has 0 amide bonds. The molecule has 0 saturated carbocycles. The number of hydrogen-bond donors (Lipinski definition) is 0. The number of aromatic nitrogens is 2. The SMILES string of the molecule is CC(C)c1cc(F)cc(C(C)C)c1CC(=O)CS(=O)(=O)c1cc2n(n1)CC(C)(C)CO2. The van der Waals surface area contributed by atoms with Gasteiger partial charge in [-0.15, -0.1) is 0 Å². The molecular formula is C23H31FN2O4S. The smallest absolute Gasteiger partial charge is 0.213 e. The maximum absolute atomic E-state index is 14.1. The molecule has 0 aliphatic carbocycles. The lowest BCUT2D eigenvalue weighted by Gasteiger charge is -2.29. The quantitative estimate of drug-likeness (QED) is 0.629. The Hall–Kier alpha value is -2.22. The number of fused-ring (bicyclic) bond motifs is 1. The molecule has 31 heavy (non-hydrogen) atoms. The monoisotopic (exact) mass is 450 g/mol. The molecule has 0 radical (unpaired) electrons. The van der Waals surface area contributed by atoms with Crippen LogP contribution in [0.2, 0.25) is 0 Å². The Morgan fingerprint density at radius 3 is 2.29 bits per heavy atom. The Bertz CT molecular complexity index is 1070. The lowest BCUT2D eigenvalue weighted by molar-refractivity contribution is -0.116. The van der Waals surface area contributed by atoms with Crippen LogP contribution in [0.5, 0.6) is 5.88 Å². The number of carbonyl (C=O) groups excluding carboxylic acids is 1. The number of halogens is 1. The van der Waals surface area contributed by atoms with Gasteiger partial charge in [0, 0.05) is 17.9 Å². The maximum atomic E-state index is 14.1. The lowest BCUT2D eigenvalue weighted by atomic mass is 9.86. The fraction of sp³-hybridized carbons (Fsp3) is 0.565. The van der Waals surface area contributed by atoms with Gasteiger partial charge in [0.2, 0.25) is 15.7 Å². The van der Waals surface area contributed by atoms with Gasteiger partial charge in [0.15, 0.2) is 10.8 Å². The summed E-state index contributed by atoms with van der Waals surface area (Å²) in [6.45, 7) is 12.8. The zero-order valence-corrected chi connectivity index (χ0v) is 19.8. The average molecular weight is 451 g/mol. The third-order valence-corrected chi connectivity index (χ3v) is 7.02. The van der Waals surface area contributed by atoms with Gasteiger partial charge in [-0.05, 0) is 40.7 Å².